The first kappa shape index (κ1) is 12.6. The van der Waals surface area contributed by atoms with E-state index in [4.69, 9.17) is 9.47 Å². The number of ketones is 3. The summed E-state index contributed by atoms with van der Waals surface area (Å²) in [6, 6.07) is 5.26. The summed E-state index contributed by atoms with van der Waals surface area (Å²) in [5, 5.41) is 0. The number of benzene rings is 1. The highest BCUT2D eigenvalue weighted by atomic mass is 16.7. The standard InChI is InChI=1S/C15H12O5/c16-10(15-11(17)4-5-12(15)18)3-1-9-2-6-13-14(7-9)20-8-19-13/h1-3,6-7,15H,4-5,8H2. The number of allylic oxidation sites excluding steroid dienone is 1. The lowest BCUT2D eigenvalue weighted by molar-refractivity contribution is -0.133. The Balaban J connectivity index is 1.75. The fraction of sp³-hybridized carbons (Fsp3) is 0.267. The van der Waals surface area contributed by atoms with Crippen LogP contribution in [0.5, 0.6) is 11.5 Å². The van der Waals surface area contributed by atoms with Crippen LogP contribution in [0.15, 0.2) is 24.3 Å². The predicted molar refractivity (Wildman–Crippen MR) is 69.3 cm³/mol. The number of fused-ring (bicyclic) bond motifs is 1. The van der Waals surface area contributed by atoms with E-state index in [1.54, 1.807) is 24.3 Å². The zero-order valence-electron chi connectivity index (χ0n) is 10.6. The molecule has 2 aliphatic rings. The van der Waals surface area contributed by atoms with Crippen molar-refractivity contribution in [2.24, 2.45) is 5.92 Å². The molecule has 0 N–H and O–H groups in total. The molecule has 1 aliphatic carbocycles. The Labute approximate surface area is 115 Å². The van der Waals surface area contributed by atoms with Crippen molar-refractivity contribution in [3.05, 3.63) is 29.8 Å². The molecule has 1 aromatic carbocycles. The van der Waals surface area contributed by atoms with Gasteiger partial charge in [-0.15, -0.1) is 0 Å². The Morgan fingerprint density at radius 3 is 2.55 bits per heavy atom. The highest BCUT2D eigenvalue weighted by molar-refractivity contribution is 6.26. The smallest absolute Gasteiger partial charge is 0.231 e. The predicted octanol–water partition coefficient (Wildman–Crippen LogP) is 1.55. The van der Waals surface area contributed by atoms with Crippen LogP contribution in [-0.4, -0.2) is 24.1 Å². The normalized spacial score (nSPS) is 18.2. The van der Waals surface area contributed by atoms with Gasteiger partial charge in [-0.1, -0.05) is 12.1 Å². The van der Waals surface area contributed by atoms with Crippen molar-refractivity contribution >= 4 is 23.4 Å². The third kappa shape index (κ3) is 2.22. The monoisotopic (exact) mass is 272 g/mol. The molecule has 0 unspecified atom stereocenters. The van der Waals surface area contributed by atoms with Crippen LogP contribution >= 0.6 is 0 Å². The number of carbonyl (C=O) groups excluding carboxylic acids is 3. The molecule has 0 aromatic heterocycles. The van der Waals surface area contributed by atoms with Gasteiger partial charge in [0.2, 0.25) is 6.79 Å². The molecule has 1 aliphatic heterocycles. The van der Waals surface area contributed by atoms with Crippen molar-refractivity contribution < 1.29 is 23.9 Å². The lowest BCUT2D eigenvalue weighted by atomic mass is 9.99. The van der Waals surface area contributed by atoms with Crippen LogP contribution < -0.4 is 9.47 Å². The molecule has 1 fully saturated rings. The maximum Gasteiger partial charge on any atom is 0.231 e. The van der Waals surface area contributed by atoms with Crippen molar-refractivity contribution in [3.63, 3.8) is 0 Å². The lowest BCUT2D eigenvalue weighted by Gasteiger charge is -2.01. The quantitative estimate of drug-likeness (QED) is 0.616. The maximum atomic E-state index is 11.9. The summed E-state index contributed by atoms with van der Waals surface area (Å²) < 4.78 is 10.4. The minimum absolute atomic E-state index is 0.174. The van der Waals surface area contributed by atoms with Crippen LogP contribution in [0.1, 0.15) is 18.4 Å². The van der Waals surface area contributed by atoms with Crippen molar-refractivity contribution in [1.29, 1.82) is 0 Å². The molecule has 20 heavy (non-hydrogen) atoms. The molecule has 1 aromatic rings. The number of hydrogen-bond donors (Lipinski definition) is 0. The molecule has 5 nitrogen and oxygen atoms in total. The van der Waals surface area contributed by atoms with E-state index in [1.807, 2.05) is 0 Å². The van der Waals surface area contributed by atoms with Gasteiger partial charge < -0.3 is 9.47 Å². The number of ether oxygens (including phenoxy) is 2. The van der Waals surface area contributed by atoms with E-state index >= 15 is 0 Å². The molecule has 102 valence electrons. The second kappa shape index (κ2) is 4.92. The van der Waals surface area contributed by atoms with Crippen LogP contribution in [0.4, 0.5) is 0 Å². The molecular formula is C15H12O5. The van der Waals surface area contributed by atoms with Gasteiger partial charge in [0.15, 0.2) is 28.8 Å². The summed E-state index contributed by atoms with van der Waals surface area (Å²) in [5.74, 6) is -0.830. The van der Waals surface area contributed by atoms with Crippen LogP contribution in [0.25, 0.3) is 6.08 Å². The van der Waals surface area contributed by atoms with E-state index in [0.717, 1.165) is 5.56 Å². The minimum atomic E-state index is -1.10. The van der Waals surface area contributed by atoms with Crippen LogP contribution in [-0.2, 0) is 14.4 Å². The molecule has 3 rings (SSSR count). The molecule has 1 saturated carbocycles. The average molecular weight is 272 g/mol. The topological polar surface area (TPSA) is 69.7 Å². The van der Waals surface area contributed by atoms with Gasteiger partial charge in [0.1, 0.15) is 5.92 Å². The molecule has 0 bridgehead atoms. The molecule has 0 amide bonds. The Bertz CT molecular complexity index is 613. The molecule has 0 saturated heterocycles. The summed E-state index contributed by atoms with van der Waals surface area (Å²) in [6.07, 6.45) is 3.20. The van der Waals surface area contributed by atoms with E-state index < -0.39 is 11.7 Å². The average Bonchev–Trinajstić information content (AvgIpc) is 3.02. The van der Waals surface area contributed by atoms with Gasteiger partial charge in [0.05, 0.1) is 0 Å². The first-order valence-electron chi connectivity index (χ1n) is 6.32. The Kier molecular flexibility index (Phi) is 3.10. The van der Waals surface area contributed by atoms with Crippen LogP contribution in [0.2, 0.25) is 0 Å². The van der Waals surface area contributed by atoms with Gasteiger partial charge in [0, 0.05) is 12.8 Å². The third-order valence-corrected chi connectivity index (χ3v) is 3.38. The maximum absolute atomic E-state index is 11.9. The Morgan fingerprint density at radius 2 is 1.80 bits per heavy atom. The minimum Gasteiger partial charge on any atom is -0.454 e. The zero-order chi connectivity index (χ0) is 14.1. The van der Waals surface area contributed by atoms with Gasteiger partial charge in [-0.3, -0.25) is 14.4 Å². The Hall–Kier alpha value is -2.43. The highest BCUT2D eigenvalue weighted by Crippen LogP contribution is 2.32. The molecule has 1 heterocycles. The van der Waals surface area contributed by atoms with E-state index in [0.29, 0.717) is 11.5 Å². The summed E-state index contributed by atoms with van der Waals surface area (Å²) in [4.78, 5) is 34.8. The van der Waals surface area contributed by atoms with Gasteiger partial charge in [-0.05, 0) is 23.8 Å². The molecule has 0 spiro atoms. The van der Waals surface area contributed by atoms with E-state index in [-0.39, 0.29) is 31.2 Å². The first-order valence-corrected chi connectivity index (χ1v) is 6.32. The molecule has 0 atom stereocenters. The summed E-state index contributed by atoms with van der Waals surface area (Å²) in [5.41, 5.74) is 0.750. The fourth-order valence-electron chi connectivity index (χ4n) is 2.32. The molecular weight excluding hydrogens is 260 g/mol. The second-order valence-electron chi connectivity index (χ2n) is 4.71. The Morgan fingerprint density at radius 1 is 1.10 bits per heavy atom. The van der Waals surface area contributed by atoms with Crippen molar-refractivity contribution in [2.45, 2.75) is 12.8 Å². The number of rotatable bonds is 3. The zero-order valence-corrected chi connectivity index (χ0v) is 10.6. The van der Waals surface area contributed by atoms with E-state index in [9.17, 15) is 14.4 Å². The summed E-state index contributed by atoms with van der Waals surface area (Å²) in [6.45, 7) is 0.187. The first-order chi connectivity index (χ1) is 9.65. The van der Waals surface area contributed by atoms with E-state index in [2.05, 4.69) is 0 Å². The van der Waals surface area contributed by atoms with Gasteiger partial charge in [-0.2, -0.15) is 0 Å². The number of Topliss-reactive ketones (excluding diaryl/α,β-unsaturated/α-hetero) is 2. The van der Waals surface area contributed by atoms with E-state index in [1.165, 1.54) is 6.08 Å². The fourth-order valence-corrected chi connectivity index (χ4v) is 2.32. The largest absolute Gasteiger partial charge is 0.454 e. The van der Waals surface area contributed by atoms with Crippen molar-refractivity contribution in [3.8, 4) is 11.5 Å². The van der Waals surface area contributed by atoms with Gasteiger partial charge in [-0.25, -0.2) is 0 Å². The SMILES string of the molecule is O=C(C=Cc1ccc2c(c1)OCO2)C1C(=O)CCC1=O. The van der Waals surface area contributed by atoms with Gasteiger partial charge >= 0.3 is 0 Å². The summed E-state index contributed by atoms with van der Waals surface area (Å²) in [7, 11) is 0. The van der Waals surface area contributed by atoms with Gasteiger partial charge in [0.25, 0.3) is 0 Å². The molecule has 5 heteroatoms. The molecule has 0 radical (unpaired) electrons. The lowest BCUT2D eigenvalue weighted by Crippen LogP contribution is -2.23. The summed E-state index contributed by atoms with van der Waals surface area (Å²) >= 11 is 0. The second-order valence-corrected chi connectivity index (χ2v) is 4.71. The van der Waals surface area contributed by atoms with Crippen LogP contribution in [0, 0.1) is 5.92 Å². The third-order valence-electron chi connectivity index (χ3n) is 3.38. The van der Waals surface area contributed by atoms with Crippen molar-refractivity contribution in [2.75, 3.05) is 6.79 Å². The van der Waals surface area contributed by atoms with Crippen LogP contribution in [0.3, 0.4) is 0 Å². The number of carbonyl (C=O) groups is 3. The van der Waals surface area contributed by atoms with Crippen molar-refractivity contribution in [1.82, 2.24) is 0 Å². The number of hydrogen-bond acceptors (Lipinski definition) is 5. The highest BCUT2D eigenvalue weighted by Gasteiger charge is 2.37.